The zero-order chi connectivity index (χ0) is 4.50. The van der Waals surface area contributed by atoms with E-state index < -0.39 is 7.82 Å². The smallest absolute Gasteiger partial charge is 0.822 e. The summed E-state index contributed by atoms with van der Waals surface area (Å²) in [5.41, 5.74) is 0. The van der Waals surface area contributed by atoms with Gasteiger partial charge in [-0.3, -0.25) is 0 Å². The molecule has 4 nitrogen and oxygen atoms in total. The maximum atomic E-state index is 8.55. The van der Waals surface area contributed by atoms with Crippen LogP contribution in [0.15, 0.2) is 0 Å². The van der Waals surface area contributed by atoms with E-state index in [1.807, 2.05) is 0 Å². The Kier molecular flexibility index (Phi) is 74.7. The Labute approximate surface area is 209 Å². The fourth-order valence-electron chi connectivity index (χ4n) is 0. The predicted molar refractivity (Wildman–Crippen MR) is 36.4 cm³/mol. The van der Waals surface area contributed by atoms with E-state index in [1.54, 1.807) is 0 Å². The molecule has 0 fully saturated rings. The Bertz CT molecular complexity index is 59.8. The van der Waals surface area contributed by atoms with Gasteiger partial charge in [0.05, 0.1) is 0 Å². The summed E-state index contributed by atoms with van der Waals surface area (Å²) in [5, 5.41) is 0. The van der Waals surface area contributed by atoms with Gasteiger partial charge < -0.3 is 19.2 Å². The van der Waals surface area contributed by atoms with Gasteiger partial charge in [0.1, 0.15) is 0 Å². The molecule has 10 heteroatoms. The van der Waals surface area contributed by atoms with Crippen LogP contribution in [0.4, 0.5) is 0 Å². The van der Waals surface area contributed by atoms with Gasteiger partial charge in [0.25, 0.3) is 0 Å². The fourth-order valence-corrected chi connectivity index (χ4v) is 0. The van der Waals surface area contributed by atoms with Crippen LogP contribution in [-0.4, -0.2) is 189 Å². The van der Waals surface area contributed by atoms with Gasteiger partial charge in [-0.25, -0.2) is 0 Å². The maximum Gasteiger partial charge on any atom is 2.00 e. The maximum absolute atomic E-state index is 8.55. The number of rotatable bonds is 0. The first kappa shape index (κ1) is 36.0. The molecule has 0 aliphatic carbocycles. The molecule has 0 unspecified atom stereocenters. The monoisotopic (exact) mass is 295 g/mol. The SMILES string of the molecule is O=P([O-])([O-])[O-].[Ca+2].[Ca+2].[Ca+2].[Ca+2].[Ca+2]. The molecule has 0 heterocycles. The van der Waals surface area contributed by atoms with E-state index in [-0.39, 0.29) is 189 Å². The predicted octanol–water partition coefficient (Wildman–Crippen LogP) is -4.73. The summed E-state index contributed by atoms with van der Waals surface area (Å²) in [5.74, 6) is 0. The molecule has 0 bridgehead atoms. The molecule has 0 radical (unpaired) electrons. The number of hydrogen-bond acceptors (Lipinski definition) is 4. The van der Waals surface area contributed by atoms with Crippen LogP contribution in [-0.2, 0) is 4.57 Å². The van der Waals surface area contributed by atoms with E-state index in [1.165, 1.54) is 0 Å². The molecule has 0 amide bonds. The molecule has 0 rings (SSSR count). The minimum Gasteiger partial charge on any atom is -0.822 e. The molecule has 0 saturated carbocycles. The van der Waals surface area contributed by atoms with Crippen molar-refractivity contribution >= 4 is 197 Å². The van der Waals surface area contributed by atoms with E-state index in [2.05, 4.69) is 0 Å². The van der Waals surface area contributed by atoms with Crippen molar-refractivity contribution in [2.24, 2.45) is 0 Å². The van der Waals surface area contributed by atoms with Gasteiger partial charge in [-0.1, -0.05) is 0 Å². The van der Waals surface area contributed by atoms with Crippen molar-refractivity contribution in [1.82, 2.24) is 0 Å². The molecule has 0 N–H and O–H groups in total. The molecule has 0 aromatic heterocycles. The van der Waals surface area contributed by atoms with E-state index in [4.69, 9.17) is 19.2 Å². The second kappa shape index (κ2) is 20.8. The third-order valence-electron chi connectivity index (χ3n) is 0. The van der Waals surface area contributed by atoms with Crippen molar-refractivity contribution < 1.29 is 19.2 Å². The Morgan fingerprint density at radius 3 is 0.700 bits per heavy atom. The Morgan fingerprint density at radius 1 is 0.700 bits per heavy atom. The average Bonchev–Trinajstić information content (AvgIpc) is 0.722. The normalized spacial score (nSPS) is 5.90. The zero-order valence-electron chi connectivity index (χ0n) is 5.62. The van der Waals surface area contributed by atoms with Gasteiger partial charge in [-0.05, 0) is 0 Å². The van der Waals surface area contributed by atoms with E-state index in [0.717, 1.165) is 0 Å². The molecule has 0 saturated heterocycles. The second-order valence-electron chi connectivity index (χ2n) is 0.447. The minimum absolute atomic E-state index is 0. The van der Waals surface area contributed by atoms with E-state index in [0.29, 0.717) is 0 Å². The average molecular weight is 295 g/mol. The largest absolute Gasteiger partial charge is 2.00 e. The van der Waals surface area contributed by atoms with Gasteiger partial charge in [0.15, 0.2) is 0 Å². The van der Waals surface area contributed by atoms with Crippen LogP contribution in [0, 0.1) is 0 Å². The standard InChI is InChI=1S/5Ca.H3O4P/c;;;;;1-5(2,3)4/h;;;;;(H3,1,2,3,4)/q5*+2;/p-3. The Balaban J connectivity index is -0.00000000800. The quantitative estimate of drug-likeness (QED) is 0.332. The van der Waals surface area contributed by atoms with Crippen LogP contribution in [0.3, 0.4) is 0 Å². The minimum atomic E-state index is -5.39. The topological polar surface area (TPSA) is 86.2 Å². The first-order valence-electron chi connectivity index (χ1n) is 0.730. The summed E-state index contributed by atoms with van der Waals surface area (Å²) in [7, 11) is -5.39. The number of phosphoric acid groups is 1. The van der Waals surface area contributed by atoms with Gasteiger partial charge >= 0.3 is 189 Å². The zero-order valence-corrected chi connectivity index (χ0v) is 17.6. The van der Waals surface area contributed by atoms with E-state index in [9.17, 15) is 0 Å². The summed E-state index contributed by atoms with van der Waals surface area (Å²) in [6, 6.07) is 0. The van der Waals surface area contributed by atoms with Gasteiger partial charge in [-0.2, -0.15) is 7.82 Å². The summed E-state index contributed by atoms with van der Waals surface area (Å²) in [6.07, 6.45) is 0. The summed E-state index contributed by atoms with van der Waals surface area (Å²) >= 11 is 0. The van der Waals surface area contributed by atoms with Crippen LogP contribution in [0.5, 0.6) is 0 Å². The second-order valence-corrected chi connectivity index (χ2v) is 1.34. The van der Waals surface area contributed by atoms with Crippen LogP contribution in [0.2, 0.25) is 0 Å². The molecule has 10 heavy (non-hydrogen) atoms. The van der Waals surface area contributed by atoms with Crippen molar-refractivity contribution in [2.75, 3.05) is 0 Å². The summed E-state index contributed by atoms with van der Waals surface area (Å²) < 4.78 is 8.55. The molecule has 0 aliphatic rings. The van der Waals surface area contributed by atoms with Crippen molar-refractivity contribution in [1.29, 1.82) is 0 Å². The molecule has 32 valence electrons. The van der Waals surface area contributed by atoms with Gasteiger partial charge in [-0.15, -0.1) is 0 Å². The Morgan fingerprint density at radius 2 is 0.700 bits per heavy atom. The number of hydrogen-bond donors (Lipinski definition) is 0. The first-order valence-corrected chi connectivity index (χ1v) is 2.19. The molecule has 0 aromatic carbocycles. The molecule has 0 atom stereocenters. The molecular weight excluding hydrogens is 295 g/mol. The summed E-state index contributed by atoms with van der Waals surface area (Å²) in [6.45, 7) is 0. The molecule has 0 aliphatic heterocycles. The van der Waals surface area contributed by atoms with Crippen LogP contribution >= 0.6 is 7.82 Å². The van der Waals surface area contributed by atoms with Crippen molar-refractivity contribution in [3.8, 4) is 0 Å². The van der Waals surface area contributed by atoms with Crippen molar-refractivity contribution in [3.63, 3.8) is 0 Å². The van der Waals surface area contributed by atoms with Crippen molar-refractivity contribution in [2.45, 2.75) is 0 Å². The van der Waals surface area contributed by atoms with Gasteiger partial charge in [0, 0.05) is 0 Å². The Hall–Kier alpha value is 6.41. The molecule has 0 spiro atoms. The van der Waals surface area contributed by atoms with Gasteiger partial charge in [0.2, 0.25) is 0 Å². The van der Waals surface area contributed by atoms with Crippen LogP contribution < -0.4 is 14.7 Å². The molecular formula is Ca5O4P+7. The third-order valence-corrected chi connectivity index (χ3v) is 0. The fraction of sp³-hybridized carbons (Fsp3) is 0. The van der Waals surface area contributed by atoms with E-state index >= 15 is 0 Å². The summed E-state index contributed by atoms with van der Waals surface area (Å²) in [4.78, 5) is 25.6. The molecule has 0 aromatic rings. The van der Waals surface area contributed by atoms with Crippen molar-refractivity contribution in [3.05, 3.63) is 0 Å². The first-order chi connectivity index (χ1) is 2.00. The van der Waals surface area contributed by atoms with Crippen LogP contribution in [0.1, 0.15) is 0 Å². The third kappa shape index (κ3) is 63.1. The van der Waals surface area contributed by atoms with Crippen LogP contribution in [0.25, 0.3) is 0 Å².